The molecule has 0 spiro atoms. The Morgan fingerprint density at radius 1 is 1.30 bits per heavy atom. The van der Waals surface area contributed by atoms with Crippen LogP contribution >= 0.6 is 0 Å². The van der Waals surface area contributed by atoms with Crippen LogP contribution in [0.1, 0.15) is 24.2 Å². The van der Waals surface area contributed by atoms with Crippen molar-refractivity contribution in [2.24, 2.45) is 0 Å². The normalized spacial score (nSPS) is 11.3. The highest BCUT2D eigenvalue weighted by molar-refractivity contribution is 5.99. The zero-order chi connectivity index (χ0) is 15.3. The van der Waals surface area contributed by atoms with Gasteiger partial charge in [0.15, 0.2) is 0 Å². The number of nitrogens with one attached hydrogen (secondary N) is 2. The average molecular weight is 280 g/mol. The average Bonchev–Trinajstić information content (AvgIpc) is 2.39. The third-order valence-electron chi connectivity index (χ3n) is 2.49. The first-order valence-electron chi connectivity index (χ1n) is 5.84. The maximum atomic E-state index is 11.8. The van der Waals surface area contributed by atoms with E-state index in [4.69, 9.17) is 0 Å². The van der Waals surface area contributed by atoms with E-state index in [1.807, 2.05) is 0 Å². The standard InChI is InChI=1S/C13H16N2O5/c1-7(14-8(2)16)12(18)15-10-6-9(13(19)20-3)4-5-11(10)17/h4-7,17H,1-3H3,(H,14,16)(H,15,18)/t7-/m0/s1. The van der Waals surface area contributed by atoms with E-state index in [-0.39, 0.29) is 22.9 Å². The number of aromatic hydroxyl groups is 1. The fraction of sp³-hybridized carbons (Fsp3) is 0.308. The molecular weight excluding hydrogens is 264 g/mol. The van der Waals surface area contributed by atoms with E-state index in [1.54, 1.807) is 0 Å². The van der Waals surface area contributed by atoms with E-state index >= 15 is 0 Å². The minimum Gasteiger partial charge on any atom is -0.506 e. The summed E-state index contributed by atoms with van der Waals surface area (Å²) in [6, 6.07) is 3.16. The molecule has 0 radical (unpaired) electrons. The van der Waals surface area contributed by atoms with Gasteiger partial charge in [0.05, 0.1) is 18.4 Å². The van der Waals surface area contributed by atoms with E-state index in [9.17, 15) is 19.5 Å². The number of carbonyl (C=O) groups is 3. The number of benzene rings is 1. The number of ether oxygens (including phenoxy) is 1. The van der Waals surface area contributed by atoms with Gasteiger partial charge in [0, 0.05) is 6.92 Å². The topological polar surface area (TPSA) is 105 Å². The monoisotopic (exact) mass is 280 g/mol. The Morgan fingerprint density at radius 3 is 2.50 bits per heavy atom. The van der Waals surface area contributed by atoms with E-state index in [1.165, 1.54) is 39.2 Å². The Kier molecular flexibility index (Phi) is 5.08. The molecule has 0 saturated carbocycles. The molecule has 0 bridgehead atoms. The molecule has 108 valence electrons. The van der Waals surface area contributed by atoms with Gasteiger partial charge in [-0.25, -0.2) is 4.79 Å². The summed E-state index contributed by atoms with van der Waals surface area (Å²) >= 11 is 0. The molecule has 0 aliphatic heterocycles. The smallest absolute Gasteiger partial charge is 0.337 e. The maximum absolute atomic E-state index is 11.8. The fourth-order valence-electron chi connectivity index (χ4n) is 1.49. The lowest BCUT2D eigenvalue weighted by atomic mass is 10.1. The van der Waals surface area contributed by atoms with E-state index < -0.39 is 17.9 Å². The van der Waals surface area contributed by atoms with Crippen molar-refractivity contribution in [1.29, 1.82) is 0 Å². The SMILES string of the molecule is COC(=O)c1ccc(O)c(NC(=O)[C@H](C)NC(C)=O)c1. The van der Waals surface area contributed by atoms with Gasteiger partial charge in [-0.15, -0.1) is 0 Å². The van der Waals surface area contributed by atoms with E-state index in [0.717, 1.165) is 0 Å². The molecule has 1 aromatic carbocycles. The van der Waals surface area contributed by atoms with Crippen LogP contribution in [0.2, 0.25) is 0 Å². The fourth-order valence-corrected chi connectivity index (χ4v) is 1.49. The molecule has 2 amide bonds. The number of phenols is 1. The molecule has 3 N–H and O–H groups in total. The van der Waals surface area contributed by atoms with Gasteiger partial charge in [0.25, 0.3) is 0 Å². The zero-order valence-corrected chi connectivity index (χ0v) is 11.4. The summed E-state index contributed by atoms with van der Waals surface area (Å²) in [7, 11) is 1.23. The van der Waals surface area contributed by atoms with E-state index in [0.29, 0.717) is 0 Å². The number of amides is 2. The molecule has 1 atom stereocenters. The number of esters is 1. The van der Waals surface area contributed by atoms with Gasteiger partial charge in [-0.05, 0) is 25.1 Å². The highest BCUT2D eigenvalue weighted by atomic mass is 16.5. The van der Waals surface area contributed by atoms with Crippen LogP contribution in [0.3, 0.4) is 0 Å². The number of carbonyl (C=O) groups excluding carboxylic acids is 3. The summed E-state index contributed by atoms with van der Waals surface area (Å²) in [5, 5.41) is 14.5. The summed E-state index contributed by atoms with van der Waals surface area (Å²) in [6.45, 7) is 2.79. The Morgan fingerprint density at radius 2 is 1.95 bits per heavy atom. The van der Waals surface area contributed by atoms with E-state index in [2.05, 4.69) is 15.4 Å². The lowest BCUT2D eigenvalue weighted by Gasteiger charge is -2.14. The molecule has 20 heavy (non-hydrogen) atoms. The molecule has 0 heterocycles. The van der Waals surface area contributed by atoms with Crippen molar-refractivity contribution < 1.29 is 24.2 Å². The Hall–Kier alpha value is -2.57. The van der Waals surface area contributed by atoms with Gasteiger partial charge in [-0.2, -0.15) is 0 Å². The second kappa shape index (κ2) is 6.55. The van der Waals surface area contributed by atoms with Gasteiger partial charge in [0.2, 0.25) is 11.8 Å². The van der Waals surface area contributed by atoms with Crippen molar-refractivity contribution in [1.82, 2.24) is 5.32 Å². The van der Waals surface area contributed by atoms with Crippen molar-refractivity contribution in [2.75, 3.05) is 12.4 Å². The van der Waals surface area contributed by atoms with Crippen LogP contribution in [-0.4, -0.2) is 36.0 Å². The second-order valence-corrected chi connectivity index (χ2v) is 4.13. The number of phenolic OH excluding ortho intramolecular Hbond substituents is 1. The van der Waals surface area contributed by atoms with Crippen LogP contribution < -0.4 is 10.6 Å². The molecule has 0 unspecified atom stereocenters. The van der Waals surface area contributed by atoms with Gasteiger partial charge in [0.1, 0.15) is 11.8 Å². The van der Waals surface area contributed by atoms with Crippen LogP contribution in [0.25, 0.3) is 0 Å². The summed E-state index contributed by atoms with van der Waals surface area (Å²) in [5.41, 5.74) is 0.253. The predicted octanol–water partition coefficient (Wildman–Crippen LogP) is 0.642. The van der Waals surface area contributed by atoms with Gasteiger partial charge < -0.3 is 20.5 Å². The number of anilines is 1. The van der Waals surface area contributed by atoms with Gasteiger partial charge >= 0.3 is 5.97 Å². The summed E-state index contributed by atoms with van der Waals surface area (Å²) in [6.07, 6.45) is 0. The Bertz CT molecular complexity index is 542. The van der Waals surface area contributed by atoms with Crippen molar-refractivity contribution in [3.8, 4) is 5.75 Å². The number of hydrogen-bond acceptors (Lipinski definition) is 5. The molecule has 0 fully saturated rings. The van der Waals surface area contributed by atoms with Gasteiger partial charge in [-0.3, -0.25) is 9.59 Å². The quantitative estimate of drug-likeness (QED) is 0.554. The number of rotatable bonds is 4. The first kappa shape index (κ1) is 15.5. The van der Waals surface area contributed by atoms with Crippen molar-refractivity contribution >= 4 is 23.5 Å². The third-order valence-corrected chi connectivity index (χ3v) is 2.49. The number of hydrogen-bond donors (Lipinski definition) is 3. The maximum Gasteiger partial charge on any atom is 0.337 e. The van der Waals surface area contributed by atoms with Crippen LogP contribution in [0.4, 0.5) is 5.69 Å². The summed E-state index contributed by atoms with van der Waals surface area (Å²) in [4.78, 5) is 34.0. The third kappa shape index (κ3) is 3.98. The summed E-state index contributed by atoms with van der Waals surface area (Å²) < 4.78 is 4.55. The lowest BCUT2D eigenvalue weighted by Crippen LogP contribution is -2.40. The van der Waals surface area contributed by atoms with Crippen molar-refractivity contribution in [3.05, 3.63) is 23.8 Å². The van der Waals surface area contributed by atoms with Crippen molar-refractivity contribution in [3.63, 3.8) is 0 Å². The second-order valence-electron chi connectivity index (χ2n) is 4.13. The lowest BCUT2D eigenvalue weighted by molar-refractivity contribution is -0.124. The molecule has 1 rings (SSSR count). The van der Waals surface area contributed by atoms with Crippen LogP contribution in [0.15, 0.2) is 18.2 Å². The highest BCUT2D eigenvalue weighted by Crippen LogP contribution is 2.24. The van der Waals surface area contributed by atoms with Crippen LogP contribution in [0.5, 0.6) is 5.75 Å². The van der Waals surface area contributed by atoms with Crippen LogP contribution in [0, 0.1) is 0 Å². The minimum absolute atomic E-state index is 0.0649. The molecule has 0 aromatic heterocycles. The summed E-state index contributed by atoms with van der Waals surface area (Å²) in [5.74, 6) is -1.64. The highest BCUT2D eigenvalue weighted by Gasteiger charge is 2.16. The molecule has 7 heteroatoms. The zero-order valence-electron chi connectivity index (χ0n) is 11.4. The van der Waals surface area contributed by atoms with Crippen molar-refractivity contribution in [2.45, 2.75) is 19.9 Å². The molecule has 0 aliphatic carbocycles. The van der Waals surface area contributed by atoms with Crippen LogP contribution in [-0.2, 0) is 14.3 Å². The molecule has 0 saturated heterocycles. The number of methoxy groups -OCH3 is 1. The van der Waals surface area contributed by atoms with Gasteiger partial charge in [-0.1, -0.05) is 0 Å². The Balaban J connectivity index is 2.88. The minimum atomic E-state index is -0.770. The first-order chi connectivity index (χ1) is 9.35. The first-order valence-corrected chi connectivity index (χ1v) is 5.84. The molecule has 1 aromatic rings. The molecule has 0 aliphatic rings. The largest absolute Gasteiger partial charge is 0.506 e. The molecule has 7 nitrogen and oxygen atoms in total. The predicted molar refractivity (Wildman–Crippen MR) is 71.4 cm³/mol. The Labute approximate surface area is 115 Å². The molecular formula is C13H16N2O5.